The zero-order valence-corrected chi connectivity index (χ0v) is 9.28. The number of hydrogen-bond donors (Lipinski definition) is 0. The van der Waals surface area contributed by atoms with Crippen molar-refractivity contribution in [2.45, 2.75) is 18.8 Å². The highest BCUT2D eigenvalue weighted by molar-refractivity contribution is 7.99. The molecule has 0 amide bonds. The summed E-state index contributed by atoms with van der Waals surface area (Å²) in [6.45, 7) is 0. The molecule has 2 aromatic heterocycles. The molecule has 1 aliphatic rings. The van der Waals surface area contributed by atoms with Crippen molar-refractivity contribution in [3.05, 3.63) is 30.2 Å². The van der Waals surface area contributed by atoms with Crippen LogP contribution in [-0.4, -0.2) is 26.1 Å². The van der Waals surface area contributed by atoms with Gasteiger partial charge in [-0.1, -0.05) is 6.07 Å². The molecule has 0 atom stereocenters. The smallest absolute Gasteiger partial charge is 0.155 e. The summed E-state index contributed by atoms with van der Waals surface area (Å²) in [5, 5.41) is 4.53. The SMILES string of the molecule is c1ccn2nc(C3CCSCC3)nc2c1. The summed E-state index contributed by atoms with van der Waals surface area (Å²) in [4.78, 5) is 4.58. The monoisotopic (exact) mass is 219 g/mol. The standard InChI is InChI=1S/C11H13N3S/c1-2-6-14-10(3-1)12-11(13-14)9-4-7-15-8-5-9/h1-3,6,9H,4-5,7-8H2. The topological polar surface area (TPSA) is 30.2 Å². The predicted octanol–water partition coefficient (Wildman–Crippen LogP) is 2.34. The average molecular weight is 219 g/mol. The third kappa shape index (κ3) is 1.74. The van der Waals surface area contributed by atoms with Crippen LogP contribution in [-0.2, 0) is 0 Å². The first-order valence-corrected chi connectivity index (χ1v) is 6.48. The van der Waals surface area contributed by atoms with E-state index in [2.05, 4.69) is 10.1 Å². The van der Waals surface area contributed by atoms with E-state index in [1.165, 1.54) is 24.3 Å². The molecule has 0 spiro atoms. The van der Waals surface area contributed by atoms with Crippen molar-refractivity contribution < 1.29 is 0 Å². The Bertz CT molecular complexity index is 427. The van der Waals surface area contributed by atoms with E-state index in [0.29, 0.717) is 5.92 Å². The van der Waals surface area contributed by atoms with Gasteiger partial charge in [0.05, 0.1) is 0 Å². The third-order valence-corrected chi connectivity index (χ3v) is 3.89. The number of hydrogen-bond acceptors (Lipinski definition) is 3. The minimum atomic E-state index is 0.575. The lowest BCUT2D eigenvalue weighted by Crippen LogP contribution is -2.09. The second kappa shape index (κ2) is 3.85. The van der Waals surface area contributed by atoms with Gasteiger partial charge in [-0.15, -0.1) is 0 Å². The van der Waals surface area contributed by atoms with Gasteiger partial charge in [-0.3, -0.25) is 0 Å². The molecule has 0 radical (unpaired) electrons. The third-order valence-electron chi connectivity index (χ3n) is 2.84. The van der Waals surface area contributed by atoms with Gasteiger partial charge in [-0.2, -0.15) is 16.9 Å². The largest absolute Gasteiger partial charge is 0.221 e. The highest BCUT2D eigenvalue weighted by atomic mass is 32.2. The van der Waals surface area contributed by atoms with Gasteiger partial charge in [0.1, 0.15) is 0 Å². The molecule has 0 saturated carbocycles. The Hall–Kier alpha value is -1.03. The normalized spacial score (nSPS) is 18.4. The van der Waals surface area contributed by atoms with Crippen LogP contribution in [0.15, 0.2) is 24.4 Å². The highest BCUT2D eigenvalue weighted by Crippen LogP contribution is 2.29. The Labute approximate surface area is 92.9 Å². The maximum Gasteiger partial charge on any atom is 0.155 e. The first kappa shape index (κ1) is 9.21. The highest BCUT2D eigenvalue weighted by Gasteiger charge is 2.19. The zero-order valence-electron chi connectivity index (χ0n) is 8.47. The van der Waals surface area contributed by atoms with Gasteiger partial charge in [0.15, 0.2) is 11.5 Å². The minimum absolute atomic E-state index is 0.575. The Morgan fingerprint density at radius 3 is 2.93 bits per heavy atom. The summed E-state index contributed by atoms with van der Waals surface area (Å²) >= 11 is 2.04. The van der Waals surface area contributed by atoms with Crippen molar-refractivity contribution in [3.8, 4) is 0 Å². The van der Waals surface area contributed by atoms with Gasteiger partial charge in [-0.05, 0) is 36.5 Å². The Kier molecular flexibility index (Phi) is 2.37. The summed E-state index contributed by atoms with van der Waals surface area (Å²) in [7, 11) is 0. The molecule has 0 unspecified atom stereocenters. The van der Waals surface area contributed by atoms with Crippen LogP contribution in [0.4, 0.5) is 0 Å². The molecule has 3 heterocycles. The molecule has 1 saturated heterocycles. The molecular weight excluding hydrogens is 206 g/mol. The fourth-order valence-corrected chi connectivity index (χ4v) is 3.08. The van der Waals surface area contributed by atoms with Gasteiger partial charge < -0.3 is 0 Å². The molecule has 3 nitrogen and oxygen atoms in total. The molecule has 0 bridgehead atoms. The van der Waals surface area contributed by atoms with Crippen molar-refractivity contribution in [2.24, 2.45) is 0 Å². The Balaban J connectivity index is 1.96. The van der Waals surface area contributed by atoms with Crippen molar-refractivity contribution >= 4 is 17.4 Å². The molecular formula is C11H13N3S. The van der Waals surface area contributed by atoms with Gasteiger partial charge in [0, 0.05) is 12.1 Å². The lowest BCUT2D eigenvalue weighted by atomic mass is 10.0. The first-order valence-electron chi connectivity index (χ1n) is 5.32. The van der Waals surface area contributed by atoms with Crippen LogP contribution in [0.5, 0.6) is 0 Å². The number of fused-ring (bicyclic) bond motifs is 1. The van der Waals surface area contributed by atoms with Crippen molar-refractivity contribution in [1.29, 1.82) is 0 Å². The van der Waals surface area contributed by atoms with Crippen molar-refractivity contribution in [1.82, 2.24) is 14.6 Å². The molecule has 78 valence electrons. The number of rotatable bonds is 1. The van der Waals surface area contributed by atoms with Crippen LogP contribution in [0, 0.1) is 0 Å². The van der Waals surface area contributed by atoms with E-state index in [0.717, 1.165) is 11.5 Å². The Morgan fingerprint density at radius 2 is 2.13 bits per heavy atom. The van der Waals surface area contributed by atoms with Crippen molar-refractivity contribution in [3.63, 3.8) is 0 Å². The fourth-order valence-electron chi connectivity index (χ4n) is 1.98. The lowest BCUT2D eigenvalue weighted by molar-refractivity contribution is 0.598. The molecule has 0 aliphatic carbocycles. The van der Waals surface area contributed by atoms with Gasteiger partial charge in [0.25, 0.3) is 0 Å². The van der Waals surface area contributed by atoms with E-state index >= 15 is 0 Å². The van der Waals surface area contributed by atoms with Gasteiger partial charge >= 0.3 is 0 Å². The van der Waals surface area contributed by atoms with Crippen LogP contribution in [0.25, 0.3) is 5.65 Å². The summed E-state index contributed by atoms with van der Waals surface area (Å²) in [5.74, 6) is 4.10. The molecule has 0 N–H and O–H groups in total. The molecule has 3 rings (SSSR count). The fraction of sp³-hybridized carbons (Fsp3) is 0.455. The van der Waals surface area contributed by atoms with E-state index in [9.17, 15) is 0 Å². The molecule has 15 heavy (non-hydrogen) atoms. The van der Waals surface area contributed by atoms with Crippen LogP contribution in [0.1, 0.15) is 24.6 Å². The van der Waals surface area contributed by atoms with E-state index in [4.69, 9.17) is 0 Å². The number of pyridine rings is 1. The summed E-state index contributed by atoms with van der Waals surface area (Å²) < 4.78 is 1.87. The van der Waals surface area contributed by atoms with Crippen LogP contribution in [0.3, 0.4) is 0 Å². The molecule has 4 heteroatoms. The number of nitrogens with zero attached hydrogens (tertiary/aromatic N) is 3. The number of aromatic nitrogens is 3. The number of thioether (sulfide) groups is 1. The van der Waals surface area contributed by atoms with E-state index in [1.54, 1.807) is 0 Å². The van der Waals surface area contributed by atoms with Crippen LogP contribution in [0.2, 0.25) is 0 Å². The second-order valence-electron chi connectivity index (χ2n) is 3.86. The van der Waals surface area contributed by atoms with Crippen LogP contribution < -0.4 is 0 Å². The minimum Gasteiger partial charge on any atom is -0.221 e. The first-order chi connectivity index (χ1) is 7.43. The van der Waals surface area contributed by atoms with Crippen LogP contribution >= 0.6 is 11.8 Å². The van der Waals surface area contributed by atoms with E-state index in [-0.39, 0.29) is 0 Å². The quantitative estimate of drug-likeness (QED) is 0.737. The average Bonchev–Trinajstić information content (AvgIpc) is 2.74. The Morgan fingerprint density at radius 1 is 1.27 bits per heavy atom. The van der Waals surface area contributed by atoms with Gasteiger partial charge in [-0.25, -0.2) is 9.50 Å². The molecule has 1 fully saturated rings. The maximum absolute atomic E-state index is 4.58. The van der Waals surface area contributed by atoms with Gasteiger partial charge in [0.2, 0.25) is 0 Å². The molecule has 0 aromatic carbocycles. The van der Waals surface area contributed by atoms with E-state index in [1.807, 2.05) is 40.7 Å². The zero-order chi connectivity index (χ0) is 10.1. The molecule has 2 aromatic rings. The summed E-state index contributed by atoms with van der Waals surface area (Å²) in [5.41, 5.74) is 0.964. The summed E-state index contributed by atoms with van der Waals surface area (Å²) in [6.07, 6.45) is 4.41. The second-order valence-corrected chi connectivity index (χ2v) is 5.08. The predicted molar refractivity (Wildman–Crippen MR) is 62.3 cm³/mol. The summed E-state index contributed by atoms with van der Waals surface area (Å²) in [6, 6.07) is 6.00. The van der Waals surface area contributed by atoms with Crippen molar-refractivity contribution in [2.75, 3.05) is 11.5 Å². The van der Waals surface area contributed by atoms with E-state index < -0.39 is 0 Å². The maximum atomic E-state index is 4.58. The molecule has 1 aliphatic heterocycles. The lowest BCUT2D eigenvalue weighted by Gasteiger charge is -2.17.